The van der Waals surface area contributed by atoms with E-state index >= 15 is 0 Å². The lowest BCUT2D eigenvalue weighted by molar-refractivity contribution is -0.137. The van der Waals surface area contributed by atoms with Crippen molar-refractivity contribution in [1.82, 2.24) is 10.6 Å². The van der Waals surface area contributed by atoms with Crippen molar-refractivity contribution in [2.45, 2.75) is 12.7 Å². The van der Waals surface area contributed by atoms with Crippen LogP contribution < -0.4 is 10.6 Å². The highest BCUT2D eigenvalue weighted by Crippen LogP contribution is 2.28. The molecule has 0 saturated heterocycles. The Morgan fingerprint density at radius 2 is 1.78 bits per heavy atom. The summed E-state index contributed by atoms with van der Waals surface area (Å²) < 4.78 is 47.6. The molecule has 0 spiro atoms. The number of aliphatic imine (C=N–C) groups is 1. The van der Waals surface area contributed by atoms with Crippen molar-refractivity contribution in [3.05, 3.63) is 35.4 Å². The van der Waals surface area contributed by atoms with Gasteiger partial charge in [0.15, 0.2) is 5.96 Å². The minimum absolute atomic E-state index is 0.377. The van der Waals surface area contributed by atoms with E-state index in [-0.39, 0.29) is 0 Å². The van der Waals surface area contributed by atoms with E-state index in [2.05, 4.69) is 15.6 Å². The maximum absolute atomic E-state index is 12.5. The lowest BCUT2D eigenvalue weighted by Gasteiger charge is -2.13. The third-order valence-electron chi connectivity index (χ3n) is 2.94. The van der Waals surface area contributed by atoms with Gasteiger partial charge in [0, 0.05) is 27.2 Å². The average Bonchev–Trinajstić information content (AvgIpc) is 2.53. The van der Waals surface area contributed by atoms with Crippen LogP contribution >= 0.6 is 0 Å². The van der Waals surface area contributed by atoms with Gasteiger partial charge >= 0.3 is 6.18 Å². The van der Waals surface area contributed by atoms with Crippen molar-refractivity contribution in [2.24, 2.45) is 4.99 Å². The van der Waals surface area contributed by atoms with Gasteiger partial charge in [0.05, 0.1) is 25.4 Å². The first kappa shape index (κ1) is 19.2. The van der Waals surface area contributed by atoms with E-state index in [4.69, 9.17) is 9.47 Å². The molecule has 0 saturated carbocycles. The van der Waals surface area contributed by atoms with Gasteiger partial charge in [0.2, 0.25) is 0 Å². The molecule has 0 aliphatic carbocycles. The van der Waals surface area contributed by atoms with E-state index in [1.54, 1.807) is 14.2 Å². The van der Waals surface area contributed by atoms with Crippen LogP contribution in [0.2, 0.25) is 0 Å². The first-order valence-corrected chi connectivity index (χ1v) is 7.14. The highest BCUT2D eigenvalue weighted by Gasteiger charge is 2.29. The second-order valence-electron chi connectivity index (χ2n) is 4.65. The van der Waals surface area contributed by atoms with Gasteiger partial charge < -0.3 is 20.1 Å². The molecule has 0 fully saturated rings. The molecule has 2 N–H and O–H groups in total. The van der Waals surface area contributed by atoms with Crippen LogP contribution in [-0.4, -0.2) is 46.5 Å². The van der Waals surface area contributed by atoms with Crippen LogP contribution in [0.25, 0.3) is 0 Å². The van der Waals surface area contributed by atoms with Crippen LogP contribution in [-0.2, 0) is 22.2 Å². The topological polar surface area (TPSA) is 54.9 Å². The smallest absolute Gasteiger partial charge is 0.382 e. The summed E-state index contributed by atoms with van der Waals surface area (Å²) in [4.78, 5) is 4.03. The molecule has 0 radical (unpaired) electrons. The lowest BCUT2D eigenvalue weighted by Crippen LogP contribution is -2.38. The molecule has 0 aliphatic rings. The first-order chi connectivity index (χ1) is 11.0. The number of alkyl halides is 3. The maximum Gasteiger partial charge on any atom is 0.416 e. The predicted molar refractivity (Wildman–Crippen MR) is 82.3 cm³/mol. The van der Waals surface area contributed by atoms with E-state index in [1.807, 2.05) is 0 Å². The summed E-state index contributed by atoms with van der Waals surface area (Å²) in [7, 11) is 3.22. The normalized spacial score (nSPS) is 12.3. The van der Waals surface area contributed by atoms with E-state index in [0.29, 0.717) is 38.9 Å². The lowest BCUT2D eigenvalue weighted by atomic mass is 10.1. The molecule has 1 aromatic rings. The van der Waals surface area contributed by atoms with Gasteiger partial charge in [-0.3, -0.25) is 4.99 Å². The van der Waals surface area contributed by atoms with E-state index in [9.17, 15) is 13.2 Å². The fourth-order valence-corrected chi connectivity index (χ4v) is 1.70. The van der Waals surface area contributed by atoms with E-state index < -0.39 is 11.7 Å². The third kappa shape index (κ3) is 7.85. The summed E-state index contributed by atoms with van der Waals surface area (Å²) in [5.41, 5.74) is 0.0780. The van der Waals surface area contributed by atoms with Crippen LogP contribution in [0.4, 0.5) is 13.2 Å². The number of hydrogen-bond donors (Lipinski definition) is 2. The quantitative estimate of drug-likeness (QED) is 0.434. The standard InChI is InChI=1S/C15H22F3N3O2/c1-19-14(20-7-8-23-10-9-22-2)21-11-12-3-5-13(6-4-12)15(16,17)18/h3-6H,7-11H2,1-2H3,(H2,19,20,21). The summed E-state index contributed by atoms with van der Waals surface area (Å²) in [5, 5.41) is 6.07. The molecule has 130 valence electrons. The number of benzene rings is 1. The molecule has 8 heteroatoms. The number of ether oxygens (including phenoxy) is 2. The highest BCUT2D eigenvalue weighted by atomic mass is 19.4. The number of methoxy groups -OCH3 is 1. The molecule has 23 heavy (non-hydrogen) atoms. The minimum atomic E-state index is -4.31. The van der Waals surface area contributed by atoms with E-state index in [1.165, 1.54) is 12.1 Å². The molecular formula is C15H22F3N3O2. The Balaban J connectivity index is 2.31. The summed E-state index contributed by atoms with van der Waals surface area (Å²) in [6.07, 6.45) is -4.31. The van der Waals surface area contributed by atoms with Crippen LogP contribution in [0.3, 0.4) is 0 Å². The predicted octanol–water partition coefficient (Wildman–Crippen LogP) is 2.03. The van der Waals surface area contributed by atoms with Gasteiger partial charge in [-0.2, -0.15) is 13.2 Å². The second-order valence-corrected chi connectivity index (χ2v) is 4.65. The van der Waals surface area contributed by atoms with Gasteiger partial charge in [0.1, 0.15) is 0 Å². The molecule has 1 aromatic carbocycles. The van der Waals surface area contributed by atoms with Crippen LogP contribution in [0.5, 0.6) is 0 Å². The van der Waals surface area contributed by atoms with Crippen molar-refractivity contribution < 1.29 is 22.6 Å². The van der Waals surface area contributed by atoms with Crippen molar-refractivity contribution in [3.63, 3.8) is 0 Å². The zero-order valence-electron chi connectivity index (χ0n) is 13.2. The molecule has 1 rings (SSSR count). The SMILES string of the molecule is CN=C(NCCOCCOC)NCc1ccc(C(F)(F)F)cc1. The van der Waals surface area contributed by atoms with Gasteiger partial charge in [-0.25, -0.2) is 0 Å². The molecule has 0 amide bonds. The molecular weight excluding hydrogens is 311 g/mol. The Morgan fingerprint density at radius 1 is 1.09 bits per heavy atom. The number of rotatable bonds is 8. The zero-order chi connectivity index (χ0) is 17.1. The molecule has 0 unspecified atom stereocenters. The Kier molecular flexibility index (Phi) is 8.42. The second kappa shape index (κ2) is 10.1. The monoisotopic (exact) mass is 333 g/mol. The van der Waals surface area contributed by atoms with Crippen molar-refractivity contribution >= 4 is 5.96 Å². The first-order valence-electron chi connectivity index (χ1n) is 7.14. The molecule has 0 aromatic heterocycles. The maximum atomic E-state index is 12.5. The minimum Gasteiger partial charge on any atom is -0.382 e. The Bertz CT molecular complexity index is 476. The number of nitrogens with one attached hydrogen (secondary N) is 2. The van der Waals surface area contributed by atoms with Crippen LogP contribution in [0, 0.1) is 0 Å². The van der Waals surface area contributed by atoms with E-state index in [0.717, 1.165) is 17.7 Å². The Labute approximate surface area is 133 Å². The van der Waals surface area contributed by atoms with Crippen molar-refractivity contribution in [3.8, 4) is 0 Å². The number of nitrogens with zero attached hydrogens (tertiary/aromatic N) is 1. The fourth-order valence-electron chi connectivity index (χ4n) is 1.70. The number of guanidine groups is 1. The van der Waals surface area contributed by atoms with Crippen molar-refractivity contribution in [2.75, 3.05) is 40.5 Å². The molecule has 0 bridgehead atoms. The fraction of sp³-hybridized carbons (Fsp3) is 0.533. The van der Waals surface area contributed by atoms with Crippen molar-refractivity contribution in [1.29, 1.82) is 0 Å². The van der Waals surface area contributed by atoms with Gasteiger partial charge in [-0.05, 0) is 17.7 Å². The highest BCUT2D eigenvalue weighted by molar-refractivity contribution is 5.79. The summed E-state index contributed by atoms with van der Waals surface area (Å²) in [5.74, 6) is 0.556. The summed E-state index contributed by atoms with van der Waals surface area (Å²) >= 11 is 0. The number of hydrogen-bond acceptors (Lipinski definition) is 3. The molecule has 5 nitrogen and oxygen atoms in total. The van der Waals surface area contributed by atoms with Gasteiger partial charge in [0.25, 0.3) is 0 Å². The van der Waals surface area contributed by atoms with Crippen LogP contribution in [0.1, 0.15) is 11.1 Å². The Hall–Kier alpha value is -1.80. The zero-order valence-corrected chi connectivity index (χ0v) is 13.2. The summed E-state index contributed by atoms with van der Waals surface area (Å²) in [6.45, 7) is 2.51. The number of halogens is 3. The van der Waals surface area contributed by atoms with Crippen LogP contribution in [0.15, 0.2) is 29.3 Å². The third-order valence-corrected chi connectivity index (χ3v) is 2.94. The molecule has 0 heterocycles. The largest absolute Gasteiger partial charge is 0.416 e. The molecule has 0 atom stereocenters. The summed E-state index contributed by atoms with van der Waals surface area (Å²) in [6, 6.07) is 5.02. The molecule has 0 aliphatic heterocycles. The van der Waals surface area contributed by atoms with Gasteiger partial charge in [-0.15, -0.1) is 0 Å². The average molecular weight is 333 g/mol. The Morgan fingerprint density at radius 3 is 2.35 bits per heavy atom. The van der Waals surface area contributed by atoms with Gasteiger partial charge in [-0.1, -0.05) is 12.1 Å².